The monoisotopic (exact) mass is 560 g/mol. The molecule has 0 saturated heterocycles. The summed E-state index contributed by atoms with van der Waals surface area (Å²) in [4.78, 5) is 0. The molecule has 0 radical (unpaired) electrons. The maximum Gasteiger partial charge on any atom is 0.157 e. The van der Waals surface area contributed by atoms with Crippen LogP contribution in [0.2, 0.25) is 0 Å². The van der Waals surface area contributed by atoms with Gasteiger partial charge in [-0.05, 0) is 35.4 Å². The number of fused-ring (bicyclic) bond motifs is 4. The van der Waals surface area contributed by atoms with Crippen molar-refractivity contribution in [1.29, 1.82) is 0 Å². The van der Waals surface area contributed by atoms with Crippen LogP contribution < -0.4 is 14.2 Å². The average Bonchev–Trinajstić information content (AvgIpc) is 2.93. The molecule has 0 unspecified atom stereocenters. The van der Waals surface area contributed by atoms with Crippen molar-refractivity contribution in [2.45, 2.75) is 36.8 Å². The lowest BCUT2D eigenvalue weighted by Gasteiger charge is -2.43. The van der Waals surface area contributed by atoms with E-state index in [9.17, 15) is 40.9 Å². The number of phenolic OH excluding ortho intramolecular Hbond substituents is 6. The van der Waals surface area contributed by atoms with Gasteiger partial charge in [0.2, 0.25) is 0 Å². The number of hydrogen-bond acceptors (Lipinski definition) is 11. The molecule has 8 N–H and O–H groups in total. The van der Waals surface area contributed by atoms with Crippen molar-refractivity contribution in [3.8, 4) is 57.5 Å². The number of aliphatic hydroxyl groups is 2. The summed E-state index contributed by atoms with van der Waals surface area (Å²) >= 11 is 0. The summed E-state index contributed by atoms with van der Waals surface area (Å²) in [6, 6.07) is 12.2. The molecule has 0 aliphatic carbocycles. The molecular weight excluding hydrogens is 536 g/mol. The number of ether oxygens (including phenoxy) is 3. The van der Waals surface area contributed by atoms with Gasteiger partial charge in [0.05, 0.1) is 12.0 Å². The lowest BCUT2D eigenvalue weighted by Crippen LogP contribution is -2.38. The first-order valence-electron chi connectivity index (χ1n) is 12.8. The quantitative estimate of drug-likeness (QED) is 0.167. The van der Waals surface area contributed by atoms with Crippen LogP contribution >= 0.6 is 0 Å². The van der Waals surface area contributed by atoms with Crippen LogP contribution in [0.3, 0.4) is 0 Å². The Bertz CT molecular complexity index is 1730. The molecule has 0 bridgehead atoms. The Kier molecular flexibility index (Phi) is 5.34. The standard InChI is InChI=1S/C30H24O11/c31-13-7-21-24-22(8-13)40-29(12-2-4-16(33)19(36)6-12)27(38)26(24)25-23(39-21)10-17(34)14-9-20(37)28(41-30(14)25)11-1-3-15(32)18(35)5-11/h1-8,10,20,26-29,31-38H,9H2/t20-,26-,27-,28+,29+/m0/s1. The van der Waals surface area contributed by atoms with Gasteiger partial charge in [-0.2, -0.15) is 0 Å². The maximum absolute atomic E-state index is 11.8. The van der Waals surface area contributed by atoms with E-state index in [1.54, 1.807) is 0 Å². The molecule has 0 spiro atoms. The van der Waals surface area contributed by atoms with Crippen LogP contribution in [0, 0.1) is 0 Å². The molecule has 11 nitrogen and oxygen atoms in total. The number of aliphatic hydroxyl groups excluding tert-OH is 2. The van der Waals surface area contributed by atoms with Gasteiger partial charge in [-0.3, -0.25) is 0 Å². The van der Waals surface area contributed by atoms with E-state index in [0.29, 0.717) is 22.3 Å². The molecule has 0 aromatic heterocycles. The predicted octanol–water partition coefficient (Wildman–Crippen LogP) is 3.69. The normalized spacial score (nSPS) is 23.7. The molecule has 4 aromatic carbocycles. The third-order valence-electron chi connectivity index (χ3n) is 7.86. The Morgan fingerprint density at radius 1 is 0.585 bits per heavy atom. The number of rotatable bonds is 2. The Morgan fingerprint density at radius 2 is 1.20 bits per heavy atom. The van der Waals surface area contributed by atoms with Gasteiger partial charge in [0.25, 0.3) is 0 Å². The summed E-state index contributed by atoms with van der Waals surface area (Å²) in [6.07, 6.45) is -4.56. The molecule has 0 saturated carbocycles. The Hall–Kier alpha value is -5.00. The zero-order valence-electron chi connectivity index (χ0n) is 21.1. The fourth-order valence-corrected chi connectivity index (χ4v) is 5.96. The molecular formula is C30H24O11. The van der Waals surface area contributed by atoms with Gasteiger partial charge in [0.15, 0.2) is 29.1 Å². The summed E-state index contributed by atoms with van der Waals surface area (Å²) in [5.41, 5.74) is 1.77. The highest BCUT2D eigenvalue weighted by atomic mass is 16.5. The van der Waals surface area contributed by atoms with Gasteiger partial charge in [-0.25, -0.2) is 0 Å². The van der Waals surface area contributed by atoms with Gasteiger partial charge in [0, 0.05) is 41.3 Å². The molecule has 3 aliphatic heterocycles. The van der Waals surface area contributed by atoms with Crippen LogP contribution in [0.4, 0.5) is 0 Å². The second-order valence-corrected chi connectivity index (χ2v) is 10.4. The number of phenols is 6. The van der Waals surface area contributed by atoms with Crippen LogP contribution in [0.1, 0.15) is 45.9 Å². The Labute approximate surface area is 231 Å². The minimum atomic E-state index is -1.31. The third-order valence-corrected chi connectivity index (χ3v) is 7.86. The SMILES string of the molecule is Oc1cc2c3c(c1)O[C@H](c1ccc(O)c(O)c1)[C@@H](O)[C@@H]3c1c(cc(O)c3c1O[C@H](c1ccc(O)c(O)c1)[C@@H](O)C3)O2. The van der Waals surface area contributed by atoms with Crippen molar-refractivity contribution in [2.24, 2.45) is 0 Å². The molecule has 7 rings (SSSR count). The lowest BCUT2D eigenvalue weighted by molar-refractivity contribution is -0.000308. The fraction of sp³-hybridized carbons (Fsp3) is 0.200. The summed E-state index contributed by atoms with van der Waals surface area (Å²) < 4.78 is 18.5. The number of aromatic hydroxyl groups is 6. The van der Waals surface area contributed by atoms with Gasteiger partial charge >= 0.3 is 0 Å². The van der Waals surface area contributed by atoms with Crippen molar-refractivity contribution in [2.75, 3.05) is 0 Å². The van der Waals surface area contributed by atoms with E-state index < -0.39 is 41.8 Å². The van der Waals surface area contributed by atoms with E-state index in [4.69, 9.17) is 14.2 Å². The van der Waals surface area contributed by atoms with Crippen molar-refractivity contribution in [3.05, 3.63) is 82.4 Å². The van der Waals surface area contributed by atoms with Crippen molar-refractivity contribution in [1.82, 2.24) is 0 Å². The molecule has 5 atom stereocenters. The molecule has 41 heavy (non-hydrogen) atoms. The summed E-state index contributed by atoms with van der Waals surface area (Å²) in [5, 5.41) is 83.9. The van der Waals surface area contributed by atoms with E-state index in [1.165, 1.54) is 54.6 Å². The van der Waals surface area contributed by atoms with Crippen LogP contribution in [-0.2, 0) is 6.42 Å². The van der Waals surface area contributed by atoms with E-state index in [-0.39, 0.29) is 58.0 Å². The second-order valence-electron chi connectivity index (χ2n) is 10.4. The molecule has 11 heteroatoms. The molecule has 210 valence electrons. The van der Waals surface area contributed by atoms with Crippen molar-refractivity contribution in [3.63, 3.8) is 0 Å². The molecule has 0 amide bonds. The minimum Gasteiger partial charge on any atom is -0.508 e. The van der Waals surface area contributed by atoms with E-state index in [1.807, 2.05) is 0 Å². The van der Waals surface area contributed by atoms with Gasteiger partial charge in [-0.1, -0.05) is 12.1 Å². The van der Waals surface area contributed by atoms with Crippen LogP contribution in [-0.4, -0.2) is 53.1 Å². The summed E-state index contributed by atoms with van der Waals surface area (Å²) in [6.45, 7) is 0. The highest BCUT2D eigenvalue weighted by molar-refractivity contribution is 5.69. The minimum absolute atomic E-state index is 0.0371. The number of benzene rings is 4. The van der Waals surface area contributed by atoms with Gasteiger partial charge in [-0.15, -0.1) is 0 Å². The summed E-state index contributed by atoms with van der Waals surface area (Å²) in [5.74, 6) is -2.05. The zero-order chi connectivity index (χ0) is 28.7. The highest BCUT2D eigenvalue weighted by Gasteiger charge is 2.48. The maximum atomic E-state index is 11.8. The van der Waals surface area contributed by atoms with Crippen LogP contribution in [0.25, 0.3) is 0 Å². The van der Waals surface area contributed by atoms with Crippen molar-refractivity contribution < 1.29 is 55.1 Å². The molecule has 3 aliphatic rings. The van der Waals surface area contributed by atoms with E-state index in [2.05, 4.69) is 0 Å². The van der Waals surface area contributed by atoms with Crippen LogP contribution in [0.15, 0.2) is 54.6 Å². The Balaban J connectivity index is 1.41. The molecule has 0 fully saturated rings. The molecule has 3 heterocycles. The zero-order valence-corrected chi connectivity index (χ0v) is 21.1. The largest absolute Gasteiger partial charge is 0.508 e. The predicted molar refractivity (Wildman–Crippen MR) is 140 cm³/mol. The van der Waals surface area contributed by atoms with E-state index in [0.717, 1.165) is 0 Å². The smallest absolute Gasteiger partial charge is 0.157 e. The first-order chi connectivity index (χ1) is 19.6. The second kappa shape index (κ2) is 8.75. The first kappa shape index (κ1) is 25.0. The lowest BCUT2D eigenvalue weighted by atomic mass is 9.76. The van der Waals surface area contributed by atoms with Crippen LogP contribution in [0.5, 0.6) is 57.5 Å². The summed E-state index contributed by atoms with van der Waals surface area (Å²) in [7, 11) is 0. The Morgan fingerprint density at radius 3 is 1.85 bits per heavy atom. The van der Waals surface area contributed by atoms with Crippen molar-refractivity contribution >= 4 is 0 Å². The van der Waals surface area contributed by atoms with Gasteiger partial charge < -0.3 is 55.1 Å². The topological polar surface area (TPSA) is 190 Å². The number of hydrogen-bond donors (Lipinski definition) is 8. The highest BCUT2D eigenvalue weighted by Crippen LogP contribution is 2.61. The van der Waals surface area contributed by atoms with E-state index >= 15 is 0 Å². The third kappa shape index (κ3) is 3.74. The van der Waals surface area contributed by atoms with Gasteiger partial charge in [0.1, 0.15) is 46.7 Å². The fourth-order valence-electron chi connectivity index (χ4n) is 5.96. The average molecular weight is 561 g/mol. The first-order valence-corrected chi connectivity index (χ1v) is 12.8. The molecule has 4 aromatic rings.